The molecule has 0 bridgehead atoms. The van der Waals surface area contributed by atoms with Gasteiger partial charge < -0.3 is 9.47 Å². The van der Waals surface area contributed by atoms with Gasteiger partial charge in [0.1, 0.15) is 11.5 Å². The number of fused-ring (bicyclic) bond motifs is 6. The van der Waals surface area contributed by atoms with E-state index >= 15 is 0 Å². The molecule has 4 heteroatoms. The molecule has 12 aromatic carbocycles. The van der Waals surface area contributed by atoms with Crippen LogP contribution in [0, 0.1) is 0 Å². The molecule has 0 atom stereocenters. The third-order valence-corrected chi connectivity index (χ3v) is 14.2. The lowest BCUT2D eigenvalue weighted by molar-refractivity contribution is 0.420. The highest BCUT2D eigenvalue weighted by Gasteiger charge is 2.22. The lowest BCUT2D eigenvalue weighted by Crippen LogP contribution is -1.94. The second-order valence-corrected chi connectivity index (χ2v) is 17.8. The van der Waals surface area contributed by atoms with Gasteiger partial charge in [-0.15, -0.1) is 0 Å². The summed E-state index contributed by atoms with van der Waals surface area (Å²) in [7, 11) is 3.48. The van der Waals surface area contributed by atoms with Crippen molar-refractivity contribution in [2.24, 2.45) is 0 Å². The van der Waals surface area contributed by atoms with Gasteiger partial charge in [0.15, 0.2) is 0 Å². The molecular formula is C66H44N2O2. The summed E-state index contributed by atoms with van der Waals surface area (Å²) in [5.74, 6) is 1.74. The van der Waals surface area contributed by atoms with Crippen LogP contribution in [0.15, 0.2) is 231 Å². The van der Waals surface area contributed by atoms with Crippen molar-refractivity contribution >= 4 is 64.6 Å². The standard InChI is InChI=1S/C66H44N2O2/c1-69-59-37-35-57(45-15-3-5-17-47(45)59)63-53-23-11-7-19-49(53)61(50-20-8-12-24-54(50)63)41-27-31-43(32-28-41)65-66(68-40-39-67-65)44-33-29-42(30-34-44)62-51-21-9-13-25-55(51)64(56-26-14-10-22-52(56)62)58-36-38-60(70-2)48-18-6-4-16-46(48)58/h3-40H,1-2H3. The predicted octanol–water partition coefficient (Wildman–Crippen LogP) is 17.4. The molecule has 1 aromatic heterocycles. The Hall–Kier alpha value is -9.12. The van der Waals surface area contributed by atoms with E-state index in [1.807, 2.05) is 0 Å². The van der Waals surface area contributed by atoms with Crippen LogP contribution in [-0.4, -0.2) is 24.2 Å². The Morgan fingerprint density at radius 1 is 0.243 bits per heavy atom. The maximum absolute atomic E-state index is 5.81. The van der Waals surface area contributed by atoms with Gasteiger partial charge in [-0.25, -0.2) is 0 Å². The van der Waals surface area contributed by atoms with Gasteiger partial charge >= 0.3 is 0 Å². The van der Waals surface area contributed by atoms with Crippen LogP contribution < -0.4 is 9.47 Å². The molecule has 0 saturated heterocycles. The first-order chi connectivity index (χ1) is 34.7. The minimum absolute atomic E-state index is 0.838. The number of hydrogen-bond donors (Lipinski definition) is 0. The summed E-state index contributed by atoms with van der Waals surface area (Å²) in [6.45, 7) is 0. The summed E-state index contributed by atoms with van der Waals surface area (Å²) in [4.78, 5) is 9.93. The lowest BCUT2D eigenvalue weighted by atomic mass is 9.84. The van der Waals surface area contributed by atoms with Crippen molar-refractivity contribution in [3.05, 3.63) is 231 Å². The first kappa shape index (κ1) is 41.1. The monoisotopic (exact) mass is 896 g/mol. The fourth-order valence-electron chi connectivity index (χ4n) is 11.1. The molecule has 0 fully saturated rings. The maximum Gasteiger partial charge on any atom is 0.126 e. The first-order valence-corrected chi connectivity index (χ1v) is 23.7. The van der Waals surface area contributed by atoms with Gasteiger partial charge in [-0.1, -0.05) is 206 Å². The molecule has 330 valence electrons. The molecule has 0 aliphatic carbocycles. The van der Waals surface area contributed by atoms with Crippen molar-refractivity contribution in [1.29, 1.82) is 0 Å². The molecule has 0 N–H and O–H groups in total. The molecule has 70 heavy (non-hydrogen) atoms. The van der Waals surface area contributed by atoms with E-state index in [1.54, 1.807) is 26.6 Å². The fourth-order valence-corrected chi connectivity index (χ4v) is 11.1. The number of nitrogens with zero attached hydrogens (tertiary/aromatic N) is 2. The van der Waals surface area contributed by atoms with Crippen LogP contribution in [-0.2, 0) is 0 Å². The second-order valence-electron chi connectivity index (χ2n) is 17.8. The van der Waals surface area contributed by atoms with Crippen molar-refractivity contribution < 1.29 is 9.47 Å². The number of rotatable bonds is 8. The number of ether oxygens (including phenoxy) is 2. The van der Waals surface area contributed by atoms with Crippen LogP contribution >= 0.6 is 0 Å². The van der Waals surface area contributed by atoms with E-state index in [9.17, 15) is 0 Å². The van der Waals surface area contributed by atoms with E-state index in [-0.39, 0.29) is 0 Å². The first-order valence-electron chi connectivity index (χ1n) is 23.7. The van der Waals surface area contributed by atoms with E-state index < -0.39 is 0 Å². The third-order valence-electron chi connectivity index (χ3n) is 14.2. The van der Waals surface area contributed by atoms with E-state index in [0.717, 1.165) is 55.9 Å². The summed E-state index contributed by atoms with van der Waals surface area (Å²) in [5, 5.41) is 14.2. The van der Waals surface area contributed by atoms with Crippen LogP contribution in [0.3, 0.4) is 0 Å². The van der Waals surface area contributed by atoms with Crippen molar-refractivity contribution in [1.82, 2.24) is 9.97 Å². The minimum atomic E-state index is 0.838. The second kappa shape index (κ2) is 16.9. The molecule has 0 aliphatic heterocycles. The van der Waals surface area contributed by atoms with Crippen LogP contribution in [0.5, 0.6) is 11.5 Å². The smallest absolute Gasteiger partial charge is 0.126 e. The molecular weight excluding hydrogens is 853 g/mol. The van der Waals surface area contributed by atoms with Crippen LogP contribution in [0.25, 0.3) is 132 Å². The van der Waals surface area contributed by atoms with Gasteiger partial charge in [0.2, 0.25) is 0 Å². The predicted molar refractivity (Wildman–Crippen MR) is 293 cm³/mol. The van der Waals surface area contributed by atoms with E-state index in [4.69, 9.17) is 19.4 Å². The third kappa shape index (κ3) is 6.52. The summed E-state index contributed by atoms with van der Waals surface area (Å²) in [6.07, 6.45) is 3.57. The van der Waals surface area contributed by atoms with Crippen molar-refractivity contribution in [2.45, 2.75) is 0 Å². The summed E-state index contributed by atoms with van der Waals surface area (Å²) in [5.41, 5.74) is 13.2. The Labute approximate surface area is 405 Å². The summed E-state index contributed by atoms with van der Waals surface area (Å²) < 4.78 is 11.6. The zero-order valence-corrected chi connectivity index (χ0v) is 38.7. The van der Waals surface area contributed by atoms with Crippen molar-refractivity contribution in [3.8, 4) is 78.5 Å². The quantitative estimate of drug-likeness (QED) is 0.143. The number of benzene rings is 12. The van der Waals surface area contributed by atoms with Crippen molar-refractivity contribution in [2.75, 3.05) is 14.2 Å². The molecule has 1 heterocycles. The highest BCUT2D eigenvalue weighted by Crippen LogP contribution is 2.49. The maximum atomic E-state index is 5.81. The summed E-state index contributed by atoms with van der Waals surface area (Å²) >= 11 is 0. The Kier molecular flexibility index (Phi) is 9.91. The average Bonchev–Trinajstić information content (AvgIpc) is 3.43. The van der Waals surface area contributed by atoms with Gasteiger partial charge in [0, 0.05) is 34.3 Å². The van der Waals surface area contributed by atoms with E-state index in [2.05, 4.69) is 218 Å². The lowest BCUT2D eigenvalue weighted by Gasteiger charge is -2.19. The molecule has 0 aliphatic rings. The largest absolute Gasteiger partial charge is 0.496 e. The minimum Gasteiger partial charge on any atom is -0.496 e. The van der Waals surface area contributed by atoms with Gasteiger partial charge in [-0.3, -0.25) is 9.97 Å². The van der Waals surface area contributed by atoms with Gasteiger partial charge in [-0.05, 0) is 111 Å². The molecule has 13 aromatic rings. The zero-order valence-electron chi connectivity index (χ0n) is 38.7. The molecule has 0 amide bonds. The molecule has 0 unspecified atom stereocenters. The molecule has 0 radical (unpaired) electrons. The van der Waals surface area contributed by atoms with Gasteiger partial charge in [-0.2, -0.15) is 0 Å². The van der Waals surface area contributed by atoms with Crippen molar-refractivity contribution in [3.63, 3.8) is 0 Å². The Balaban J connectivity index is 0.898. The topological polar surface area (TPSA) is 44.2 Å². The number of aromatic nitrogens is 2. The number of methoxy groups -OCH3 is 2. The van der Waals surface area contributed by atoms with Gasteiger partial charge in [0.05, 0.1) is 25.6 Å². The normalized spacial score (nSPS) is 11.6. The van der Waals surface area contributed by atoms with E-state index in [1.165, 1.54) is 87.2 Å². The van der Waals surface area contributed by atoms with Crippen LogP contribution in [0.1, 0.15) is 0 Å². The van der Waals surface area contributed by atoms with Gasteiger partial charge in [0.25, 0.3) is 0 Å². The molecule has 13 rings (SSSR count). The molecule has 4 nitrogen and oxygen atoms in total. The molecule has 0 spiro atoms. The SMILES string of the molecule is COc1ccc(-c2c3ccccc3c(-c3ccc(-c4nccnc4-c4ccc(-c5c6ccccc6c(-c6ccc(OC)c7ccccc67)c6ccccc56)cc4)cc3)c3ccccc23)c2ccccc12. The highest BCUT2D eigenvalue weighted by molar-refractivity contribution is 6.25. The molecule has 0 saturated carbocycles. The zero-order chi connectivity index (χ0) is 46.7. The highest BCUT2D eigenvalue weighted by atomic mass is 16.5. The summed E-state index contributed by atoms with van der Waals surface area (Å²) in [6, 6.07) is 78.6. The average molecular weight is 897 g/mol. The van der Waals surface area contributed by atoms with Crippen LogP contribution in [0.4, 0.5) is 0 Å². The van der Waals surface area contributed by atoms with Crippen LogP contribution in [0.2, 0.25) is 0 Å². The Morgan fingerprint density at radius 3 is 0.800 bits per heavy atom. The Morgan fingerprint density at radius 2 is 0.500 bits per heavy atom. The Bertz CT molecular complexity index is 3810. The number of hydrogen-bond acceptors (Lipinski definition) is 4. The van der Waals surface area contributed by atoms with E-state index in [0.29, 0.717) is 0 Å². The fraction of sp³-hybridized carbons (Fsp3) is 0.0303.